The fourth-order valence-electron chi connectivity index (χ4n) is 8.21. The molecule has 0 heterocycles. The van der Waals surface area contributed by atoms with Crippen LogP contribution in [-0.2, 0) is 0 Å². The van der Waals surface area contributed by atoms with Gasteiger partial charge in [0.15, 0.2) is 0 Å². The Kier molecular flexibility index (Phi) is 2.89. The molecule has 0 aromatic heterocycles. The smallest absolute Gasteiger partial charge is 0.0651 e. The summed E-state index contributed by atoms with van der Waals surface area (Å²) in [5, 5.41) is 21.9. The van der Waals surface area contributed by atoms with Gasteiger partial charge in [0.2, 0.25) is 0 Å². The van der Waals surface area contributed by atoms with Crippen molar-refractivity contribution in [1.82, 2.24) is 0 Å². The molecule has 0 saturated heterocycles. The van der Waals surface area contributed by atoms with Gasteiger partial charge in [-0.25, -0.2) is 0 Å². The van der Waals surface area contributed by atoms with Crippen molar-refractivity contribution in [2.75, 3.05) is 0 Å². The van der Waals surface area contributed by atoms with Gasteiger partial charge < -0.3 is 10.2 Å². The molecule has 0 radical (unpaired) electrons. The molecule has 4 fully saturated rings. The summed E-state index contributed by atoms with van der Waals surface area (Å²) in [6.07, 6.45) is 6.56. The Labute approximate surface area is 135 Å². The van der Waals surface area contributed by atoms with Crippen molar-refractivity contribution in [1.29, 1.82) is 0 Å². The largest absolute Gasteiger partial charge is 0.393 e. The molecule has 0 aromatic carbocycles. The van der Waals surface area contributed by atoms with Crippen LogP contribution in [0.25, 0.3) is 0 Å². The van der Waals surface area contributed by atoms with Crippen molar-refractivity contribution in [2.24, 2.45) is 39.9 Å². The van der Waals surface area contributed by atoms with E-state index in [1.165, 1.54) is 19.3 Å². The molecule has 4 aliphatic carbocycles. The summed E-state index contributed by atoms with van der Waals surface area (Å²) in [5.41, 5.74) is 0.378. The second-order valence-corrected chi connectivity index (χ2v) is 10.4. The average molecular weight is 306 g/mol. The van der Waals surface area contributed by atoms with Gasteiger partial charge in [0.05, 0.1) is 11.7 Å². The van der Waals surface area contributed by atoms with Crippen LogP contribution in [0.2, 0.25) is 0 Å². The van der Waals surface area contributed by atoms with Gasteiger partial charge in [-0.15, -0.1) is 0 Å². The van der Waals surface area contributed by atoms with Crippen LogP contribution >= 0.6 is 0 Å². The van der Waals surface area contributed by atoms with E-state index in [9.17, 15) is 10.2 Å². The van der Waals surface area contributed by atoms with E-state index in [1.54, 1.807) is 0 Å². The van der Waals surface area contributed by atoms with E-state index in [4.69, 9.17) is 0 Å². The SMILES string of the molecule is C[C@@H]1[C@@H](O)C[C@@H]2C[C@]3(C)CC[C@H]4[C@H]3[C@]1(CC[C@]4(C)O)C2(C)C. The molecule has 2 heteroatoms. The van der Waals surface area contributed by atoms with Crippen molar-refractivity contribution in [3.63, 3.8) is 0 Å². The van der Waals surface area contributed by atoms with E-state index in [0.29, 0.717) is 29.1 Å². The molecule has 126 valence electrons. The molecule has 0 amide bonds. The molecule has 2 N–H and O–H groups in total. The first-order valence-electron chi connectivity index (χ1n) is 9.47. The quantitative estimate of drug-likeness (QED) is 0.710. The Morgan fingerprint density at radius 3 is 2.36 bits per heavy atom. The Morgan fingerprint density at radius 2 is 1.68 bits per heavy atom. The van der Waals surface area contributed by atoms with Gasteiger partial charge >= 0.3 is 0 Å². The highest BCUT2D eigenvalue weighted by molar-refractivity contribution is 5.22. The lowest BCUT2D eigenvalue weighted by Crippen LogP contribution is -2.69. The van der Waals surface area contributed by atoms with Gasteiger partial charge in [0.1, 0.15) is 0 Å². The number of rotatable bonds is 0. The highest BCUT2D eigenvalue weighted by Gasteiger charge is 2.73. The van der Waals surface area contributed by atoms with Crippen LogP contribution in [0.1, 0.15) is 73.1 Å². The van der Waals surface area contributed by atoms with Crippen molar-refractivity contribution < 1.29 is 10.2 Å². The first-order chi connectivity index (χ1) is 10.1. The van der Waals surface area contributed by atoms with Crippen molar-refractivity contribution in [3.8, 4) is 0 Å². The van der Waals surface area contributed by atoms with Gasteiger partial charge in [-0.3, -0.25) is 0 Å². The van der Waals surface area contributed by atoms with Gasteiger partial charge in [-0.05, 0) is 85.4 Å². The average Bonchev–Trinajstić information content (AvgIpc) is 2.75. The topological polar surface area (TPSA) is 40.5 Å². The van der Waals surface area contributed by atoms with Crippen LogP contribution in [0.3, 0.4) is 0 Å². The maximum Gasteiger partial charge on any atom is 0.0651 e. The van der Waals surface area contributed by atoms with Gasteiger partial charge in [-0.1, -0.05) is 27.7 Å². The molecule has 4 rings (SSSR count). The standard InChI is InChI=1S/C20H34O2/c1-12-15(21)10-13-11-18(4)7-6-14-16(18)20(12,17(13,2)3)9-8-19(14,5)22/h12-16,21-22H,6-11H2,1-5H3/t12-,13-,14+,15+,16-,18+,19+,20-/m1/s1. The van der Waals surface area contributed by atoms with Gasteiger partial charge in [-0.2, -0.15) is 0 Å². The minimum Gasteiger partial charge on any atom is -0.393 e. The second kappa shape index (κ2) is 4.11. The van der Waals surface area contributed by atoms with E-state index < -0.39 is 5.60 Å². The molecule has 0 aromatic rings. The van der Waals surface area contributed by atoms with Crippen LogP contribution in [0, 0.1) is 39.9 Å². The van der Waals surface area contributed by atoms with E-state index in [2.05, 4.69) is 34.6 Å². The number of aliphatic hydroxyl groups is 2. The third-order valence-electron chi connectivity index (χ3n) is 9.43. The fraction of sp³-hybridized carbons (Fsp3) is 1.00. The third kappa shape index (κ3) is 1.50. The molecular formula is C20H34O2. The molecule has 4 saturated carbocycles. The maximum absolute atomic E-state index is 11.1. The Morgan fingerprint density at radius 1 is 1.00 bits per heavy atom. The van der Waals surface area contributed by atoms with Crippen molar-refractivity contribution in [2.45, 2.75) is 84.8 Å². The maximum atomic E-state index is 11.1. The van der Waals surface area contributed by atoms with Crippen LogP contribution in [-0.4, -0.2) is 21.9 Å². The molecule has 1 spiro atoms. The van der Waals surface area contributed by atoms with Gasteiger partial charge in [0.25, 0.3) is 0 Å². The molecule has 2 nitrogen and oxygen atoms in total. The lowest BCUT2D eigenvalue weighted by Gasteiger charge is -2.72. The second-order valence-electron chi connectivity index (χ2n) is 10.4. The Bertz CT molecular complexity index is 496. The van der Waals surface area contributed by atoms with Crippen molar-refractivity contribution >= 4 is 0 Å². The monoisotopic (exact) mass is 306 g/mol. The summed E-state index contributed by atoms with van der Waals surface area (Å²) in [5.74, 6) is 2.01. The molecule has 4 aliphatic rings. The number of fused-ring (bicyclic) bond motifs is 1. The molecule has 8 atom stereocenters. The first-order valence-corrected chi connectivity index (χ1v) is 9.47. The minimum absolute atomic E-state index is 0.146. The summed E-state index contributed by atoms with van der Waals surface area (Å²) < 4.78 is 0. The van der Waals surface area contributed by atoms with Crippen LogP contribution in [0.5, 0.6) is 0 Å². The van der Waals surface area contributed by atoms with E-state index in [-0.39, 0.29) is 16.9 Å². The van der Waals surface area contributed by atoms with E-state index in [0.717, 1.165) is 19.3 Å². The molecule has 2 bridgehead atoms. The Hall–Kier alpha value is -0.0800. The fourth-order valence-corrected chi connectivity index (χ4v) is 8.21. The molecule has 0 aliphatic heterocycles. The normalized spacial score (nSPS) is 62.6. The first kappa shape index (κ1) is 15.4. The number of hydrogen-bond donors (Lipinski definition) is 2. The van der Waals surface area contributed by atoms with Crippen LogP contribution in [0.15, 0.2) is 0 Å². The Balaban J connectivity index is 1.92. The summed E-state index contributed by atoms with van der Waals surface area (Å²) >= 11 is 0. The molecule has 0 unspecified atom stereocenters. The minimum atomic E-state index is -0.501. The van der Waals surface area contributed by atoms with Crippen LogP contribution < -0.4 is 0 Å². The van der Waals surface area contributed by atoms with Crippen molar-refractivity contribution in [3.05, 3.63) is 0 Å². The van der Waals surface area contributed by atoms with Gasteiger partial charge in [0, 0.05) is 0 Å². The number of hydrogen-bond acceptors (Lipinski definition) is 2. The summed E-state index contributed by atoms with van der Waals surface area (Å²) in [7, 11) is 0. The molecule has 22 heavy (non-hydrogen) atoms. The zero-order chi connectivity index (χ0) is 16.1. The summed E-state index contributed by atoms with van der Waals surface area (Å²) in [6.45, 7) is 11.9. The van der Waals surface area contributed by atoms with E-state index >= 15 is 0 Å². The predicted octanol–water partition coefficient (Wildman–Crippen LogP) is 4.00. The molecular weight excluding hydrogens is 272 g/mol. The third-order valence-corrected chi connectivity index (χ3v) is 9.43. The zero-order valence-corrected chi connectivity index (χ0v) is 15.0. The highest BCUT2D eigenvalue weighted by atomic mass is 16.3. The summed E-state index contributed by atoms with van der Waals surface area (Å²) in [6, 6.07) is 0. The number of aliphatic hydroxyl groups excluding tert-OH is 1. The zero-order valence-electron chi connectivity index (χ0n) is 15.0. The lowest BCUT2D eigenvalue weighted by molar-refractivity contribution is -0.273. The predicted molar refractivity (Wildman–Crippen MR) is 88.3 cm³/mol. The highest BCUT2D eigenvalue weighted by Crippen LogP contribution is 2.78. The summed E-state index contributed by atoms with van der Waals surface area (Å²) in [4.78, 5) is 0. The van der Waals surface area contributed by atoms with Crippen LogP contribution in [0.4, 0.5) is 0 Å². The van der Waals surface area contributed by atoms with E-state index in [1.807, 2.05) is 0 Å². The lowest BCUT2D eigenvalue weighted by atomic mass is 9.32.